The van der Waals surface area contributed by atoms with E-state index in [0.717, 1.165) is 0 Å². The summed E-state index contributed by atoms with van der Waals surface area (Å²) >= 11 is 1.66. The number of aromatic nitrogens is 1. The highest BCUT2D eigenvalue weighted by Crippen LogP contribution is 1.85. The molecule has 0 saturated heterocycles. The first-order valence-corrected chi connectivity index (χ1v) is 4.74. The summed E-state index contributed by atoms with van der Waals surface area (Å²) in [6.45, 7) is 0.0694. The number of rotatable bonds is 2. The number of carboxylic acids is 1. The molecule has 13 heavy (non-hydrogen) atoms. The van der Waals surface area contributed by atoms with Crippen LogP contribution in [0.4, 0.5) is 0 Å². The number of nitrogens with one attached hydrogen (secondary N) is 1. The topological polar surface area (TPSA) is 54.3 Å². The second kappa shape index (κ2) is 5.66. The highest BCUT2D eigenvalue weighted by molar-refractivity contribution is 7.07. The summed E-state index contributed by atoms with van der Waals surface area (Å²) in [5.41, 5.74) is 1.92. The van der Waals surface area contributed by atoms with Crippen LogP contribution in [0.5, 0.6) is 0 Å². The Kier molecular flexibility index (Phi) is 5.25. The summed E-state index contributed by atoms with van der Waals surface area (Å²) in [6, 6.07) is 0. The van der Waals surface area contributed by atoms with Crippen molar-refractivity contribution in [3.05, 3.63) is 17.1 Å². The standard InChI is InChI=1S/C5H11NO2.C3H3NS/c1-6(2,3)4-5(7)8;1-2-5-3-4-1/h4H2,1-3H3;1-3H/p+1. The first kappa shape index (κ1) is 12.1. The van der Waals surface area contributed by atoms with E-state index in [1.54, 1.807) is 32.5 Å². The van der Waals surface area contributed by atoms with Crippen LogP contribution < -0.4 is 10.1 Å². The summed E-state index contributed by atoms with van der Waals surface area (Å²) in [5.74, 6) is -1.00. The SMILES string of the molecule is C[N+](C)(C)CC(=O)[O-].c1csc[nH+]1. The van der Waals surface area contributed by atoms with E-state index in [9.17, 15) is 9.90 Å². The van der Waals surface area contributed by atoms with Gasteiger partial charge in [0.1, 0.15) is 6.54 Å². The maximum atomic E-state index is 9.89. The maximum Gasteiger partial charge on any atom is 0.222 e. The smallest absolute Gasteiger partial charge is 0.222 e. The molecule has 0 fully saturated rings. The van der Waals surface area contributed by atoms with E-state index < -0.39 is 5.97 Å². The highest BCUT2D eigenvalue weighted by Gasteiger charge is 2.04. The Labute approximate surface area is 82.0 Å². The molecule has 74 valence electrons. The van der Waals surface area contributed by atoms with E-state index >= 15 is 0 Å². The number of aliphatic carboxylic acids is 1. The van der Waals surface area contributed by atoms with Crippen LogP contribution in [-0.2, 0) is 4.79 Å². The lowest BCUT2D eigenvalue weighted by atomic mass is 10.5. The van der Waals surface area contributed by atoms with Gasteiger partial charge in [-0.25, -0.2) is 4.98 Å². The van der Waals surface area contributed by atoms with E-state index in [1.165, 1.54) is 0 Å². The van der Waals surface area contributed by atoms with Gasteiger partial charge in [-0.1, -0.05) is 11.3 Å². The fourth-order valence-corrected chi connectivity index (χ4v) is 0.977. The molecule has 1 aromatic rings. The van der Waals surface area contributed by atoms with Crippen molar-refractivity contribution >= 4 is 17.3 Å². The third-order valence-electron chi connectivity index (χ3n) is 0.982. The number of aromatic amines is 1. The van der Waals surface area contributed by atoms with Crippen molar-refractivity contribution in [1.82, 2.24) is 0 Å². The van der Waals surface area contributed by atoms with Gasteiger partial charge < -0.3 is 14.4 Å². The lowest BCUT2D eigenvalue weighted by Gasteiger charge is -2.23. The number of thiazole rings is 1. The minimum absolute atomic E-state index is 0.0694. The number of carbonyl (C=O) groups excluding carboxylic acids is 1. The second-order valence-electron chi connectivity index (χ2n) is 3.54. The predicted molar refractivity (Wildman–Crippen MR) is 48.8 cm³/mol. The van der Waals surface area contributed by atoms with Crippen molar-refractivity contribution in [2.45, 2.75) is 0 Å². The molecule has 5 heteroatoms. The average Bonchev–Trinajstić information content (AvgIpc) is 2.33. The van der Waals surface area contributed by atoms with E-state index in [-0.39, 0.29) is 6.54 Å². The molecule has 0 saturated carbocycles. The Hall–Kier alpha value is -0.940. The molecule has 0 spiro atoms. The molecular formula is C8H15N2O2S+. The van der Waals surface area contributed by atoms with Crippen LogP contribution >= 0.6 is 11.3 Å². The van der Waals surface area contributed by atoms with Gasteiger partial charge in [0.2, 0.25) is 5.51 Å². The molecule has 1 heterocycles. The molecule has 1 aromatic heterocycles. The molecule has 0 amide bonds. The summed E-state index contributed by atoms with van der Waals surface area (Å²) < 4.78 is 0.419. The van der Waals surface area contributed by atoms with E-state index in [4.69, 9.17) is 0 Å². The molecule has 0 unspecified atom stereocenters. The highest BCUT2D eigenvalue weighted by atomic mass is 32.1. The Morgan fingerprint density at radius 2 is 2.15 bits per heavy atom. The largest absolute Gasteiger partial charge is 0.544 e. The fraction of sp³-hybridized carbons (Fsp3) is 0.500. The summed E-state index contributed by atoms with van der Waals surface area (Å²) in [5, 5.41) is 11.9. The number of H-pyrrole nitrogens is 1. The van der Waals surface area contributed by atoms with Crippen molar-refractivity contribution < 1.29 is 19.4 Å². The van der Waals surface area contributed by atoms with Crippen LogP contribution in [0.2, 0.25) is 0 Å². The normalized spacial score (nSPS) is 10.1. The first-order valence-electron chi connectivity index (χ1n) is 3.80. The van der Waals surface area contributed by atoms with E-state index in [0.29, 0.717) is 4.48 Å². The molecule has 0 aromatic carbocycles. The molecule has 1 N–H and O–H groups in total. The molecule has 0 bridgehead atoms. The predicted octanol–water partition coefficient (Wildman–Crippen LogP) is -0.995. The summed E-state index contributed by atoms with van der Waals surface area (Å²) in [6.07, 6.45) is 1.89. The molecule has 1 rings (SSSR count). The summed E-state index contributed by atoms with van der Waals surface area (Å²) in [7, 11) is 5.40. The lowest BCUT2D eigenvalue weighted by Crippen LogP contribution is -2.45. The number of nitrogens with zero attached hydrogens (tertiary/aromatic N) is 1. The van der Waals surface area contributed by atoms with Crippen LogP contribution in [0.1, 0.15) is 0 Å². The van der Waals surface area contributed by atoms with Gasteiger partial charge in [0.15, 0.2) is 6.20 Å². The molecule has 0 atom stereocenters. The van der Waals surface area contributed by atoms with E-state index in [2.05, 4.69) is 4.98 Å². The van der Waals surface area contributed by atoms with Crippen molar-refractivity contribution in [2.75, 3.05) is 27.7 Å². The zero-order valence-electron chi connectivity index (χ0n) is 8.11. The van der Waals surface area contributed by atoms with Crippen molar-refractivity contribution in [2.24, 2.45) is 0 Å². The number of quaternary nitrogens is 1. The third kappa shape index (κ3) is 11.1. The third-order valence-corrected chi connectivity index (χ3v) is 1.55. The Morgan fingerprint density at radius 3 is 2.23 bits per heavy atom. The molecule has 4 nitrogen and oxygen atoms in total. The van der Waals surface area contributed by atoms with Crippen LogP contribution in [0.3, 0.4) is 0 Å². The zero-order valence-corrected chi connectivity index (χ0v) is 8.93. The van der Waals surface area contributed by atoms with Gasteiger partial charge in [0.05, 0.1) is 32.5 Å². The quantitative estimate of drug-likeness (QED) is 0.579. The minimum Gasteiger partial charge on any atom is -0.544 e. The van der Waals surface area contributed by atoms with Crippen LogP contribution in [0.15, 0.2) is 17.1 Å². The maximum absolute atomic E-state index is 9.89. The van der Waals surface area contributed by atoms with Gasteiger partial charge in [-0.05, 0) is 0 Å². The van der Waals surface area contributed by atoms with Gasteiger partial charge in [0, 0.05) is 0 Å². The summed E-state index contributed by atoms with van der Waals surface area (Å²) in [4.78, 5) is 12.8. The first-order chi connectivity index (χ1) is 5.92. The van der Waals surface area contributed by atoms with Crippen molar-refractivity contribution in [1.29, 1.82) is 0 Å². The number of hydrogen-bond acceptors (Lipinski definition) is 3. The van der Waals surface area contributed by atoms with Crippen molar-refractivity contribution in [3.63, 3.8) is 0 Å². The average molecular weight is 203 g/mol. The number of likely N-dealkylation sites (N-methyl/N-ethyl adjacent to an activating group) is 1. The fourth-order valence-electron chi connectivity index (χ4n) is 0.584. The van der Waals surface area contributed by atoms with Gasteiger partial charge in [-0.15, -0.1) is 0 Å². The number of hydrogen-bond donors (Lipinski definition) is 0. The van der Waals surface area contributed by atoms with Crippen molar-refractivity contribution in [3.8, 4) is 0 Å². The van der Waals surface area contributed by atoms with Crippen LogP contribution in [0, 0.1) is 0 Å². The molecule has 0 aliphatic rings. The Balaban J connectivity index is 0.000000243. The minimum atomic E-state index is -1.00. The zero-order chi connectivity index (χ0) is 10.3. The molecule has 0 aliphatic carbocycles. The van der Waals surface area contributed by atoms with Gasteiger partial charge in [-0.3, -0.25) is 0 Å². The lowest BCUT2D eigenvalue weighted by molar-refractivity contribution is -0.864. The monoisotopic (exact) mass is 203 g/mol. The van der Waals surface area contributed by atoms with Crippen LogP contribution in [0.25, 0.3) is 0 Å². The van der Waals surface area contributed by atoms with Gasteiger partial charge in [-0.2, -0.15) is 0 Å². The Morgan fingerprint density at radius 1 is 1.54 bits per heavy atom. The van der Waals surface area contributed by atoms with Crippen LogP contribution in [-0.4, -0.2) is 38.1 Å². The number of carbonyl (C=O) groups is 1. The van der Waals surface area contributed by atoms with E-state index in [1.807, 2.05) is 17.1 Å². The van der Waals surface area contributed by atoms with Gasteiger partial charge >= 0.3 is 0 Å². The molecular weight excluding hydrogens is 188 g/mol. The molecule has 0 radical (unpaired) electrons. The Bertz CT molecular complexity index is 212. The molecule has 0 aliphatic heterocycles. The number of carboxylic acid groups (broad SMARTS) is 1. The second-order valence-corrected chi connectivity index (χ2v) is 4.32. The van der Waals surface area contributed by atoms with Gasteiger partial charge in [0.25, 0.3) is 0 Å².